The Balaban J connectivity index is 1.54. The maximum Gasteiger partial charge on any atom is 0.251 e. The molecule has 104 valence electrons. The lowest BCUT2D eigenvalue weighted by Crippen LogP contribution is -2.44. The van der Waals surface area contributed by atoms with Gasteiger partial charge in [0.1, 0.15) is 11.8 Å². The van der Waals surface area contributed by atoms with Crippen LogP contribution in [0.25, 0.3) is 11.0 Å². The van der Waals surface area contributed by atoms with Gasteiger partial charge in [0.25, 0.3) is 5.91 Å². The Labute approximate surface area is 125 Å². The van der Waals surface area contributed by atoms with Gasteiger partial charge in [0.05, 0.1) is 4.47 Å². The monoisotopic (exact) mass is 334 g/mol. The highest BCUT2D eigenvalue weighted by Crippen LogP contribution is 2.31. The number of carbonyl (C=O) groups is 1. The van der Waals surface area contributed by atoms with Gasteiger partial charge in [-0.15, -0.1) is 0 Å². The van der Waals surface area contributed by atoms with E-state index in [9.17, 15) is 4.79 Å². The first-order valence-electron chi connectivity index (χ1n) is 6.92. The molecule has 1 amide bonds. The summed E-state index contributed by atoms with van der Waals surface area (Å²) in [6, 6.07) is 6.48. The van der Waals surface area contributed by atoms with Gasteiger partial charge in [-0.1, -0.05) is 0 Å². The van der Waals surface area contributed by atoms with Crippen LogP contribution in [0.1, 0.15) is 23.2 Å². The van der Waals surface area contributed by atoms with Gasteiger partial charge in [0.15, 0.2) is 0 Å². The zero-order valence-electron chi connectivity index (χ0n) is 10.9. The van der Waals surface area contributed by atoms with Crippen molar-refractivity contribution in [3.8, 4) is 0 Å². The molecule has 2 bridgehead atoms. The summed E-state index contributed by atoms with van der Waals surface area (Å²) in [4.78, 5) is 12.3. The highest BCUT2D eigenvalue weighted by Gasteiger charge is 2.40. The van der Waals surface area contributed by atoms with E-state index in [-0.39, 0.29) is 5.91 Å². The molecule has 1 aromatic heterocycles. The van der Waals surface area contributed by atoms with E-state index in [1.54, 1.807) is 12.3 Å². The Kier molecular flexibility index (Phi) is 2.86. The average Bonchev–Trinajstić information content (AvgIpc) is 3.14. The van der Waals surface area contributed by atoms with E-state index in [2.05, 4.69) is 26.6 Å². The standard InChI is InChI=1S/C15H15BrN2O2/c16-12-7-20-14-4-8(1-2-11(12)14)15(19)18-13-5-10-3-9(13)6-17-10/h1-2,4,7,9-10,13,17H,3,5-6H2,(H,18,19). The molecule has 3 atom stereocenters. The van der Waals surface area contributed by atoms with Crippen molar-refractivity contribution >= 4 is 32.8 Å². The number of nitrogens with one attached hydrogen (secondary N) is 2. The summed E-state index contributed by atoms with van der Waals surface area (Å²) in [5, 5.41) is 7.61. The molecule has 4 rings (SSSR count). The van der Waals surface area contributed by atoms with E-state index in [1.807, 2.05) is 12.1 Å². The fourth-order valence-corrected chi connectivity index (χ4v) is 3.82. The predicted molar refractivity (Wildman–Crippen MR) is 79.7 cm³/mol. The molecular weight excluding hydrogens is 320 g/mol. The SMILES string of the molecule is O=C(NC1CC2CC1CN2)c1ccc2c(Br)coc2c1. The summed E-state index contributed by atoms with van der Waals surface area (Å²) >= 11 is 3.42. The Hall–Kier alpha value is -1.33. The second-order valence-corrected chi connectivity index (χ2v) is 6.57. The van der Waals surface area contributed by atoms with Crippen LogP contribution < -0.4 is 10.6 Å². The van der Waals surface area contributed by atoms with E-state index in [0.717, 1.165) is 28.4 Å². The number of hydrogen-bond acceptors (Lipinski definition) is 3. The molecule has 2 fully saturated rings. The molecule has 1 saturated heterocycles. The molecular formula is C15H15BrN2O2. The van der Waals surface area contributed by atoms with Crippen molar-refractivity contribution in [1.29, 1.82) is 0 Å². The minimum Gasteiger partial charge on any atom is -0.463 e. The quantitative estimate of drug-likeness (QED) is 0.887. The van der Waals surface area contributed by atoms with Crippen LogP contribution in [0.5, 0.6) is 0 Å². The first-order valence-corrected chi connectivity index (χ1v) is 7.71. The van der Waals surface area contributed by atoms with Crippen LogP contribution in [-0.2, 0) is 0 Å². The van der Waals surface area contributed by atoms with Gasteiger partial charge in [-0.25, -0.2) is 0 Å². The molecule has 3 unspecified atom stereocenters. The number of hydrogen-bond donors (Lipinski definition) is 2. The molecule has 1 saturated carbocycles. The van der Waals surface area contributed by atoms with Crippen LogP contribution in [0.15, 0.2) is 33.4 Å². The van der Waals surface area contributed by atoms with Crippen LogP contribution in [0.3, 0.4) is 0 Å². The number of halogens is 1. The maximum atomic E-state index is 12.3. The topological polar surface area (TPSA) is 54.3 Å². The molecule has 0 radical (unpaired) electrons. The summed E-state index contributed by atoms with van der Waals surface area (Å²) in [6.45, 7) is 1.03. The van der Waals surface area contributed by atoms with E-state index in [1.165, 1.54) is 6.42 Å². The lowest BCUT2D eigenvalue weighted by molar-refractivity contribution is 0.0925. The third-order valence-corrected chi connectivity index (χ3v) is 5.08. The number of rotatable bonds is 2. The number of furan rings is 1. The van der Waals surface area contributed by atoms with E-state index >= 15 is 0 Å². The van der Waals surface area contributed by atoms with Crippen molar-refractivity contribution in [2.75, 3.05) is 6.54 Å². The summed E-state index contributed by atoms with van der Waals surface area (Å²) in [7, 11) is 0. The Morgan fingerprint density at radius 3 is 3.05 bits per heavy atom. The molecule has 4 nitrogen and oxygen atoms in total. The van der Waals surface area contributed by atoms with Gasteiger partial charge in [-0.3, -0.25) is 4.79 Å². The van der Waals surface area contributed by atoms with Crippen molar-refractivity contribution < 1.29 is 9.21 Å². The van der Waals surface area contributed by atoms with Gasteiger partial charge in [0, 0.05) is 29.6 Å². The van der Waals surface area contributed by atoms with Gasteiger partial charge in [-0.2, -0.15) is 0 Å². The summed E-state index contributed by atoms with van der Waals surface area (Å²) in [6.07, 6.45) is 3.88. The molecule has 2 aliphatic rings. The first-order chi connectivity index (χ1) is 9.70. The molecule has 5 heteroatoms. The average molecular weight is 335 g/mol. The zero-order valence-corrected chi connectivity index (χ0v) is 12.4. The number of piperidine rings is 1. The van der Waals surface area contributed by atoms with Crippen LogP contribution in [0.2, 0.25) is 0 Å². The van der Waals surface area contributed by atoms with Crippen molar-refractivity contribution in [3.63, 3.8) is 0 Å². The highest BCUT2D eigenvalue weighted by atomic mass is 79.9. The lowest BCUT2D eigenvalue weighted by atomic mass is 10.0. The zero-order chi connectivity index (χ0) is 13.7. The second kappa shape index (κ2) is 4.60. The molecule has 2 aromatic rings. The Morgan fingerprint density at radius 2 is 2.30 bits per heavy atom. The van der Waals surface area contributed by atoms with Gasteiger partial charge >= 0.3 is 0 Å². The molecule has 20 heavy (non-hydrogen) atoms. The Morgan fingerprint density at radius 1 is 1.40 bits per heavy atom. The van der Waals surface area contributed by atoms with Crippen LogP contribution in [0.4, 0.5) is 0 Å². The summed E-state index contributed by atoms with van der Waals surface area (Å²) in [5.74, 6) is 0.586. The van der Waals surface area contributed by atoms with Gasteiger partial charge in [0.2, 0.25) is 0 Å². The molecule has 1 aliphatic heterocycles. The van der Waals surface area contributed by atoms with Crippen LogP contribution >= 0.6 is 15.9 Å². The minimum absolute atomic E-state index is 0.00280. The van der Waals surface area contributed by atoms with E-state index < -0.39 is 0 Å². The number of benzene rings is 1. The second-order valence-electron chi connectivity index (χ2n) is 5.71. The highest BCUT2D eigenvalue weighted by molar-refractivity contribution is 9.10. The molecule has 0 spiro atoms. The minimum atomic E-state index is -0.00280. The van der Waals surface area contributed by atoms with Gasteiger partial charge in [-0.05, 0) is 52.9 Å². The smallest absolute Gasteiger partial charge is 0.251 e. The first kappa shape index (κ1) is 12.4. The number of amides is 1. The fourth-order valence-electron chi connectivity index (χ4n) is 3.40. The Bertz CT molecular complexity index is 682. The largest absolute Gasteiger partial charge is 0.463 e. The van der Waals surface area contributed by atoms with Crippen molar-refractivity contribution in [3.05, 3.63) is 34.5 Å². The summed E-state index contributed by atoms with van der Waals surface area (Å²) < 4.78 is 6.34. The van der Waals surface area contributed by atoms with E-state index in [4.69, 9.17) is 4.42 Å². The summed E-state index contributed by atoms with van der Waals surface area (Å²) in [5.41, 5.74) is 1.40. The van der Waals surface area contributed by atoms with Gasteiger partial charge < -0.3 is 15.1 Å². The molecule has 1 aromatic carbocycles. The number of carbonyl (C=O) groups excluding carboxylic acids is 1. The van der Waals surface area contributed by atoms with Crippen molar-refractivity contribution in [2.24, 2.45) is 5.92 Å². The van der Waals surface area contributed by atoms with E-state index in [0.29, 0.717) is 23.6 Å². The number of fused-ring (bicyclic) bond motifs is 3. The lowest BCUT2D eigenvalue weighted by Gasteiger charge is -2.23. The van der Waals surface area contributed by atoms with Crippen molar-refractivity contribution in [2.45, 2.75) is 24.9 Å². The predicted octanol–water partition coefficient (Wildman–Crippen LogP) is 2.68. The third kappa shape index (κ3) is 1.96. The molecule has 2 N–H and O–H groups in total. The van der Waals surface area contributed by atoms with Crippen LogP contribution in [0, 0.1) is 5.92 Å². The molecule has 2 heterocycles. The fraction of sp³-hybridized carbons (Fsp3) is 0.400. The third-order valence-electron chi connectivity index (χ3n) is 4.47. The van der Waals surface area contributed by atoms with Crippen LogP contribution in [-0.4, -0.2) is 24.5 Å². The normalized spacial score (nSPS) is 28.1. The maximum absolute atomic E-state index is 12.3. The van der Waals surface area contributed by atoms with Crippen molar-refractivity contribution in [1.82, 2.24) is 10.6 Å². The molecule has 1 aliphatic carbocycles.